The Morgan fingerprint density at radius 1 is 1.11 bits per heavy atom. The lowest BCUT2D eigenvalue weighted by molar-refractivity contribution is -0.124. The zero-order chi connectivity index (χ0) is 19.6. The monoisotopic (exact) mass is 394 g/mol. The van der Waals surface area contributed by atoms with E-state index in [-0.39, 0.29) is 23.4 Å². The molecule has 1 saturated heterocycles. The predicted octanol–water partition coefficient (Wildman–Crippen LogP) is 4.18. The maximum atomic E-state index is 13.1. The van der Waals surface area contributed by atoms with Crippen LogP contribution in [0.3, 0.4) is 0 Å². The molecule has 0 spiro atoms. The van der Waals surface area contributed by atoms with E-state index >= 15 is 0 Å². The maximum absolute atomic E-state index is 13.1. The highest BCUT2D eigenvalue weighted by atomic mass is 32.2. The third-order valence-electron chi connectivity index (χ3n) is 5.98. The van der Waals surface area contributed by atoms with E-state index in [0.717, 1.165) is 41.0 Å². The summed E-state index contributed by atoms with van der Waals surface area (Å²) >= 11 is 1.91. The number of fused-ring (bicyclic) bond motifs is 1. The lowest BCUT2D eigenvalue weighted by atomic mass is 9.85. The summed E-state index contributed by atoms with van der Waals surface area (Å²) in [5.74, 6) is 2.07. The van der Waals surface area contributed by atoms with Crippen molar-refractivity contribution in [2.24, 2.45) is 0 Å². The molecule has 4 nitrogen and oxygen atoms in total. The number of nitrogens with one attached hydrogen (secondary N) is 1. The van der Waals surface area contributed by atoms with Crippen molar-refractivity contribution in [3.63, 3.8) is 0 Å². The maximum Gasteiger partial charge on any atom is 0.254 e. The van der Waals surface area contributed by atoms with E-state index in [9.17, 15) is 9.59 Å². The second-order valence-corrected chi connectivity index (χ2v) is 8.99. The second-order valence-electron chi connectivity index (χ2n) is 7.76. The molecule has 0 radical (unpaired) electrons. The van der Waals surface area contributed by atoms with Crippen LogP contribution in [0.4, 0.5) is 0 Å². The standard InChI is InChI=1S/C23H26N2O2S/c1-17(18-7-3-2-4-8-18)24-21(26)15-23(11-13-28-14-12-23)25-16-19-9-5-6-10-20(19)22(25)27/h2-10,17H,11-16H2,1H3,(H,24,26). The van der Waals surface area contributed by atoms with Gasteiger partial charge in [-0.2, -0.15) is 11.8 Å². The molecule has 146 valence electrons. The quantitative estimate of drug-likeness (QED) is 0.828. The topological polar surface area (TPSA) is 49.4 Å². The van der Waals surface area contributed by atoms with Gasteiger partial charge in [0.15, 0.2) is 0 Å². The van der Waals surface area contributed by atoms with Gasteiger partial charge in [0.25, 0.3) is 5.91 Å². The Morgan fingerprint density at radius 2 is 1.79 bits per heavy atom. The lowest BCUT2D eigenvalue weighted by Gasteiger charge is -2.44. The number of benzene rings is 2. The van der Waals surface area contributed by atoms with E-state index in [0.29, 0.717) is 13.0 Å². The third kappa shape index (κ3) is 3.68. The Balaban J connectivity index is 1.52. The van der Waals surface area contributed by atoms with Crippen molar-refractivity contribution in [2.45, 2.75) is 44.3 Å². The summed E-state index contributed by atoms with van der Waals surface area (Å²) in [5, 5.41) is 3.14. The van der Waals surface area contributed by atoms with Crippen LogP contribution in [0.2, 0.25) is 0 Å². The van der Waals surface area contributed by atoms with Gasteiger partial charge in [-0.25, -0.2) is 0 Å². The first-order valence-corrected chi connectivity index (χ1v) is 11.1. The van der Waals surface area contributed by atoms with Gasteiger partial charge < -0.3 is 10.2 Å². The molecule has 0 bridgehead atoms. The number of carbonyl (C=O) groups excluding carboxylic acids is 2. The van der Waals surface area contributed by atoms with Crippen LogP contribution in [-0.4, -0.2) is 33.8 Å². The van der Waals surface area contributed by atoms with Crippen molar-refractivity contribution in [1.29, 1.82) is 0 Å². The first-order chi connectivity index (χ1) is 13.6. The fraction of sp³-hybridized carbons (Fsp3) is 0.391. The average Bonchev–Trinajstić information content (AvgIpc) is 3.07. The molecule has 2 aliphatic heterocycles. The number of hydrogen-bond donors (Lipinski definition) is 1. The first kappa shape index (κ1) is 19.1. The number of carbonyl (C=O) groups is 2. The Kier molecular flexibility index (Phi) is 5.44. The fourth-order valence-electron chi connectivity index (χ4n) is 4.35. The van der Waals surface area contributed by atoms with Crippen LogP contribution in [0.15, 0.2) is 54.6 Å². The minimum atomic E-state index is -0.387. The van der Waals surface area contributed by atoms with Crippen LogP contribution in [0.5, 0.6) is 0 Å². The van der Waals surface area contributed by atoms with Crippen molar-refractivity contribution in [1.82, 2.24) is 10.2 Å². The Labute approximate surface area is 170 Å². The fourth-order valence-corrected chi connectivity index (χ4v) is 5.60. The zero-order valence-electron chi connectivity index (χ0n) is 16.2. The van der Waals surface area contributed by atoms with Crippen molar-refractivity contribution < 1.29 is 9.59 Å². The Hall–Kier alpha value is -2.27. The molecule has 2 aliphatic rings. The van der Waals surface area contributed by atoms with Gasteiger partial charge in [0.05, 0.1) is 11.6 Å². The molecule has 2 heterocycles. The highest BCUT2D eigenvalue weighted by Crippen LogP contribution is 2.40. The van der Waals surface area contributed by atoms with E-state index in [2.05, 4.69) is 5.32 Å². The predicted molar refractivity (Wildman–Crippen MR) is 113 cm³/mol. The molecule has 2 amide bonds. The van der Waals surface area contributed by atoms with E-state index in [1.807, 2.05) is 78.2 Å². The Morgan fingerprint density at radius 3 is 2.50 bits per heavy atom. The summed E-state index contributed by atoms with van der Waals surface area (Å²) in [4.78, 5) is 28.1. The second kappa shape index (κ2) is 8.00. The van der Waals surface area contributed by atoms with E-state index in [1.165, 1.54) is 0 Å². The molecule has 1 fully saturated rings. The van der Waals surface area contributed by atoms with Gasteiger partial charge in [0.2, 0.25) is 5.91 Å². The van der Waals surface area contributed by atoms with Gasteiger partial charge in [-0.15, -0.1) is 0 Å². The number of nitrogens with zero attached hydrogens (tertiary/aromatic N) is 1. The first-order valence-electron chi connectivity index (χ1n) is 9.91. The zero-order valence-corrected chi connectivity index (χ0v) is 17.0. The van der Waals surface area contributed by atoms with Crippen LogP contribution in [0.1, 0.15) is 53.7 Å². The van der Waals surface area contributed by atoms with Crippen LogP contribution >= 0.6 is 11.8 Å². The average molecular weight is 395 g/mol. The van der Waals surface area contributed by atoms with Gasteiger partial charge in [0.1, 0.15) is 0 Å². The minimum absolute atomic E-state index is 0.0204. The minimum Gasteiger partial charge on any atom is -0.350 e. The molecule has 28 heavy (non-hydrogen) atoms. The summed E-state index contributed by atoms with van der Waals surface area (Å²) in [6.07, 6.45) is 2.10. The van der Waals surface area contributed by atoms with Crippen molar-refractivity contribution >= 4 is 23.6 Å². The largest absolute Gasteiger partial charge is 0.350 e. The third-order valence-corrected chi connectivity index (χ3v) is 6.97. The summed E-state index contributed by atoms with van der Waals surface area (Å²) in [5.41, 5.74) is 2.57. The number of rotatable bonds is 5. The SMILES string of the molecule is CC(NC(=O)CC1(N2Cc3ccccc3C2=O)CCSCC1)c1ccccc1. The molecule has 1 atom stereocenters. The number of thioether (sulfide) groups is 1. The lowest BCUT2D eigenvalue weighted by Crippen LogP contribution is -2.53. The molecule has 1 N–H and O–H groups in total. The van der Waals surface area contributed by atoms with E-state index in [4.69, 9.17) is 0 Å². The van der Waals surface area contributed by atoms with Gasteiger partial charge >= 0.3 is 0 Å². The summed E-state index contributed by atoms with van der Waals surface area (Å²) in [6, 6.07) is 17.8. The molecular formula is C23H26N2O2S. The molecule has 0 aromatic heterocycles. The van der Waals surface area contributed by atoms with Crippen molar-refractivity contribution in [3.8, 4) is 0 Å². The van der Waals surface area contributed by atoms with E-state index < -0.39 is 0 Å². The van der Waals surface area contributed by atoms with Crippen molar-refractivity contribution in [2.75, 3.05) is 11.5 Å². The van der Waals surface area contributed by atoms with Gasteiger partial charge in [-0.1, -0.05) is 48.5 Å². The molecule has 0 aliphatic carbocycles. The molecule has 4 rings (SSSR count). The summed E-state index contributed by atoms with van der Waals surface area (Å²) in [7, 11) is 0. The number of hydrogen-bond acceptors (Lipinski definition) is 3. The Bertz CT molecular complexity index is 862. The normalized spacial score (nSPS) is 19.2. The summed E-state index contributed by atoms with van der Waals surface area (Å²) < 4.78 is 0. The van der Waals surface area contributed by atoms with Crippen molar-refractivity contribution in [3.05, 3.63) is 71.3 Å². The molecule has 1 unspecified atom stereocenters. The smallest absolute Gasteiger partial charge is 0.254 e. The molecular weight excluding hydrogens is 368 g/mol. The van der Waals surface area contributed by atoms with Gasteiger partial charge in [-0.3, -0.25) is 9.59 Å². The van der Waals surface area contributed by atoms with Gasteiger partial charge in [0, 0.05) is 18.5 Å². The molecule has 0 saturated carbocycles. The van der Waals surface area contributed by atoms with Crippen LogP contribution in [0, 0.1) is 0 Å². The molecule has 2 aromatic rings. The summed E-state index contributed by atoms with van der Waals surface area (Å²) in [6.45, 7) is 2.62. The number of amides is 2. The van der Waals surface area contributed by atoms with E-state index in [1.54, 1.807) is 0 Å². The van der Waals surface area contributed by atoms with Crippen LogP contribution in [-0.2, 0) is 11.3 Å². The highest BCUT2D eigenvalue weighted by molar-refractivity contribution is 7.99. The molecule has 5 heteroatoms. The highest BCUT2D eigenvalue weighted by Gasteiger charge is 2.45. The molecule has 2 aromatic carbocycles. The van der Waals surface area contributed by atoms with Gasteiger partial charge in [-0.05, 0) is 48.5 Å². The van der Waals surface area contributed by atoms with Crippen LogP contribution in [0.25, 0.3) is 0 Å². The van der Waals surface area contributed by atoms with Crippen LogP contribution < -0.4 is 5.32 Å².